The first kappa shape index (κ1) is 12.4. The Labute approximate surface area is 96.2 Å². The minimum absolute atomic E-state index is 0.0673. The highest BCUT2D eigenvalue weighted by Crippen LogP contribution is 2.25. The van der Waals surface area contributed by atoms with E-state index in [9.17, 15) is 0 Å². The molecule has 0 aliphatic heterocycles. The van der Waals surface area contributed by atoms with Crippen LogP contribution in [0.2, 0.25) is 0 Å². The summed E-state index contributed by atoms with van der Waals surface area (Å²) < 4.78 is 5.55. The van der Waals surface area contributed by atoms with E-state index in [0.717, 1.165) is 22.8 Å². The van der Waals surface area contributed by atoms with Gasteiger partial charge in [-0.1, -0.05) is 25.1 Å². The molecule has 0 amide bonds. The molecule has 1 rings (SSSR count). The molecule has 1 aromatic rings. The van der Waals surface area contributed by atoms with Crippen molar-refractivity contribution < 1.29 is 4.74 Å². The zero-order chi connectivity index (χ0) is 11.1. The Morgan fingerprint density at radius 1 is 1.33 bits per heavy atom. The topological polar surface area (TPSA) is 35.2 Å². The second kappa shape index (κ2) is 6.75. The van der Waals surface area contributed by atoms with Crippen LogP contribution >= 0.6 is 11.8 Å². The predicted molar refractivity (Wildman–Crippen MR) is 67.5 cm³/mol. The van der Waals surface area contributed by atoms with E-state index < -0.39 is 0 Å². The van der Waals surface area contributed by atoms with Crippen LogP contribution in [0.25, 0.3) is 0 Å². The van der Waals surface area contributed by atoms with Crippen molar-refractivity contribution in [3.63, 3.8) is 0 Å². The third-order valence-corrected chi connectivity index (χ3v) is 3.12. The molecule has 1 atom stereocenters. The summed E-state index contributed by atoms with van der Waals surface area (Å²) in [7, 11) is 0. The van der Waals surface area contributed by atoms with Gasteiger partial charge in [0.2, 0.25) is 0 Å². The Morgan fingerprint density at radius 3 is 2.73 bits per heavy atom. The smallest absolute Gasteiger partial charge is 0.124 e. The largest absolute Gasteiger partial charge is 0.494 e. The predicted octanol–water partition coefficient (Wildman–Crippen LogP) is 2.84. The number of hydrogen-bond acceptors (Lipinski definition) is 3. The summed E-state index contributed by atoms with van der Waals surface area (Å²) in [4.78, 5) is 0. The molecule has 0 spiro atoms. The molecule has 3 heteroatoms. The van der Waals surface area contributed by atoms with Gasteiger partial charge in [-0.2, -0.15) is 11.8 Å². The number of hydrogen-bond donors (Lipinski definition) is 1. The molecule has 0 aromatic heterocycles. The summed E-state index contributed by atoms with van der Waals surface area (Å²) in [5.74, 6) is 2.97. The van der Waals surface area contributed by atoms with Crippen molar-refractivity contribution in [2.75, 3.05) is 18.1 Å². The lowest BCUT2D eigenvalue weighted by molar-refractivity contribution is 0.335. The van der Waals surface area contributed by atoms with Crippen LogP contribution in [0.1, 0.15) is 25.5 Å². The molecule has 0 saturated heterocycles. The molecule has 2 N–H and O–H groups in total. The van der Waals surface area contributed by atoms with E-state index >= 15 is 0 Å². The zero-order valence-electron chi connectivity index (χ0n) is 9.40. The second-order valence-corrected chi connectivity index (χ2v) is 4.56. The third kappa shape index (κ3) is 3.76. The van der Waals surface area contributed by atoms with Gasteiger partial charge in [-0.25, -0.2) is 0 Å². The van der Waals surface area contributed by atoms with E-state index in [0.29, 0.717) is 6.61 Å². The Kier molecular flexibility index (Phi) is 5.58. The average molecular weight is 225 g/mol. The second-order valence-electron chi connectivity index (χ2n) is 3.24. The SMILES string of the molecule is CCOc1ccccc1C(N)CSCC. The van der Waals surface area contributed by atoms with Crippen molar-refractivity contribution in [3.8, 4) is 5.75 Å². The summed E-state index contributed by atoms with van der Waals surface area (Å²) in [6.07, 6.45) is 0. The minimum Gasteiger partial charge on any atom is -0.494 e. The number of rotatable bonds is 6. The van der Waals surface area contributed by atoms with Crippen molar-refractivity contribution in [1.82, 2.24) is 0 Å². The lowest BCUT2D eigenvalue weighted by Crippen LogP contribution is -2.14. The fraction of sp³-hybridized carbons (Fsp3) is 0.500. The molecule has 0 heterocycles. The van der Waals surface area contributed by atoms with E-state index in [2.05, 4.69) is 6.92 Å². The zero-order valence-corrected chi connectivity index (χ0v) is 10.2. The highest BCUT2D eigenvalue weighted by atomic mass is 32.2. The first-order valence-electron chi connectivity index (χ1n) is 5.34. The Morgan fingerprint density at radius 2 is 2.07 bits per heavy atom. The van der Waals surface area contributed by atoms with Crippen LogP contribution in [0, 0.1) is 0 Å². The van der Waals surface area contributed by atoms with E-state index in [1.165, 1.54) is 0 Å². The maximum absolute atomic E-state index is 6.11. The van der Waals surface area contributed by atoms with Crippen LogP contribution in [0.4, 0.5) is 0 Å². The highest BCUT2D eigenvalue weighted by Gasteiger charge is 2.10. The van der Waals surface area contributed by atoms with Gasteiger partial charge in [0.1, 0.15) is 5.75 Å². The van der Waals surface area contributed by atoms with Crippen LogP contribution in [-0.4, -0.2) is 18.1 Å². The van der Waals surface area contributed by atoms with Crippen LogP contribution in [0.15, 0.2) is 24.3 Å². The van der Waals surface area contributed by atoms with E-state index in [4.69, 9.17) is 10.5 Å². The fourth-order valence-corrected chi connectivity index (χ4v) is 2.08. The molecular weight excluding hydrogens is 206 g/mol. The average Bonchev–Trinajstić information content (AvgIpc) is 2.27. The number of benzene rings is 1. The molecule has 1 unspecified atom stereocenters. The van der Waals surface area contributed by atoms with Gasteiger partial charge < -0.3 is 10.5 Å². The van der Waals surface area contributed by atoms with Crippen molar-refractivity contribution >= 4 is 11.8 Å². The standard InChI is InChI=1S/C12H19NOS/c1-3-14-12-8-6-5-7-10(12)11(13)9-15-4-2/h5-8,11H,3-4,9,13H2,1-2H3. The molecule has 0 fully saturated rings. The Balaban J connectivity index is 2.72. The molecule has 15 heavy (non-hydrogen) atoms. The molecule has 84 valence electrons. The maximum atomic E-state index is 6.11. The van der Waals surface area contributed by atoms with E-state index in [1.54, 1.807) is 0 Å². The van der Waals surface area contributed by atoms with Gasteiger partial charge in [-0.05, 0) is 18.7 Å². The summed E-state index contributed by atoms with van der Waals surface area (Å²) in [6.45, 7) is 4.82. The quantitative estimate of drug-likeness (QED) is 0.808. The summed E-state index contributed by atoms with van der Waals surface area (Å²) >= 11 is 1.86. The van der Waals surface area contributed by atoms with Crippen molar-refractivity contribution in [2.45, 2.75) is 19.9 Å². The maximum Gasteiger partial charge on any atom is 0.124 e. The fourth-order valence-electron chi connectivity index (χ4n) is 1.41. The van der Waals surface area contributed by atoms with Gasteiger partial charge in [0.05, 0.1) is 6.61 Å². The van der Waals surface area contributed by atoms with Crippen molar-refractivity contribution in [3.05, 3.63) is 29.8 Å². The first-order valence-corrected chi connectivity index (χ1v) is 6.50. The molecule has 0 aliphatic rings. The number of para-hydroxylation sites is 1. The Bertz CT molecular complexity index is 291. The van der Waals surface area contributed by atoms with Gasteiger partial charge in [0.15, 0.2) is 0 Å². The van der Waals surface area contributed by atoms with Crippen LogP contribution in [0.3, 0.4) is 0 Å². The summed E-state index contributed by atoms with van der Waals surface area (Å²) in [6, 6.07) is 8.08. The molecule has 1 aromatic carbocycles. The van der Waals surface area contributed by atoms with Crippen LogP contribution < -0.4 is 10.5 Å². The molecule has 0 aliphatic carbocycles. The van der Waals surface area contributed by atoms with Crippen molar-refractivity contribution in [1.29, 1.82) is 0 Å². The first-order chi connectivity index (χ1) is 7.29. The van der Waals surface area contributed by atoms with Gasteiger partial charge in [-0.15, -0.1) is 0 Å². The highest BCUT2D eigenvalue weighted by molar-refractivity contribution is 7.99. The van der Waals surface area contributed by atoms with Gasteiger partial charge >= 0.3 is 0 Å². The van der Waals surface area contributed by atoms with Crippen LogP contribution in [-0.2, 0) is 0 Å². The van der Waals surface area contributed by atoms with Crippen molar-refractivity contribution in [2.24, 2.45) is 5.73 Å². The van der Waals surface area contributed by atoms with Gasteiger partial charge in [0.25, 0.3) is 0 Å². The summed E-state index contributed by atoms with van der Waals surface area (Å²) in [5.41, 5.74) is 7.22. The molecular formula is C12H19NOS. The summed E-state index contributed by atoms with van der Waals surface area (Å²) in [5, 5.41) is 0. The lowest BCUT2D eigenvalue weighted by atomic mass is 10.1. The van der Waals surface area contributed by atoms with E-state index in [-0.39, 0.29) is 6.04 Å². The third-order valence-electron chi connectivity index (χ3n) is 2.12. The Hall–Kier alpha value is -0.670. The lowest BCUT2D eigenvalue weighted by Gasteiger charge is -2.15. The molecule has 2 nitrogen and oxygen atoms in total. The molecule has 0 saturated carbocycles. The minimum atomic E-state index is 0.0673. The molecule has 0 radical (unpaired) electrons. The van der Waals surface area contributed by atoms with Crippen LogP contribution in [0.5, 0.6) is 5.75 Å². The monoisotopic (exact) mass is 225 g/mol. The van der Waals surface area contributed by atoms with E-state index in [1.807, 2.05) is 43.0 Å². The normalized spacial score (nSPS) is 12.5. The number of thioether (sulfide) groups is 1. The number of ether oxygens (including phenoxy) is 1. The van der Waals surface area contributed by atoms with Gasteiger partial charge in [0, 0.05) is 17.4 Å². The molecule has 0 bridgehead atoms. The van der Waals surface area contributed by atoms with Gasteiger partial charge in [-0.3, -0.25) is 0 Å². The number of nitrogens with two attached hydrogens (primary N) is 1.